The lowest BCUT2D eigenvalue weighted by atomic mass is 9.74. The van der Waals surface area contributed by atoms with Gasteiger partial charge in [0.15, 0.2) is 0 Å². The predicted molar refractivity (Wildman–Crippen MR) is 230 cm³/mol. The second-order valence-corrected chi connectivity index (χ2v) is 15.3. The van der Waals surface area contributed by atoms with Gasteiger partial charge < -0.3 is 4.57 Å². The van der Waals surface area contributed by atoms with Crippen LogP contribution in [0.3, 0.4) is 0 Å². The van der Waals surface area contributed by atoms with Crippen LogP contribution in [0.1, 0.15) is 25.0 Å². The molecule has 0 aliphatic carbocycles. The molecule has 254 valence electrons. The Labute approximate surface area is 315 Å². The van der Waals surface area contributed by atoms with Gasteiger partial charge in [-0.15, -0.1) is 0 Å². The highest BCUT2D eigenvalue weighted by Gasteiger charge is 2.35. The molecule has 0 radical (unpaired) electrons. The molecule has 0 saturated carbocycles. The first-order chi connectivity index (χ1) is 26.5. The van der Waals surface area contributed by atoms with Crippen molar-refractivity contribution in [3.05, 3.63) is 199 Å². The number of benzene rings is 9. The Morgan fingerprint density at radius 3 is 1.50 bits per heavy atom. The number of para-hydroxylation sites is 1. The number of rotatable bonds is 4. The van der Waals surface area contributed by atoms with Gasteiger partial charge in [0.05, 0.1) is 16.7 Å². The minimum atomic E-state index is -0.168. The molecule has 1 aromatic heterocycles. The van der Waals surface area contributed by atoms with E-state index in [1.54, 1.807) is 0 Å². The Bertz CT molecular complexity index is 3090. The molecular weight excluding hydrogens is 651 g/mol. The second-order valence-electron chi connectivity index (χ2n) is 15.3. The Morgan fingerprint density at radius 1 is 0.352 bits per heavy atom. The van der Waals surface area contributed by atoms with Crippen LogP contribution >= 0.6 is 0 Å². The number of aromatic nitrogens is 1. The average Bonchev–Trinajstić information content (AvgIpc) is 3.56. The van der Waals surface area contributed by atoms with Crippen LogP contribution in [-0.2, 0) is 5.41 Å². The lowest BCUT2D eigenvalue weighted by Crippen LogP contribution is -2.26. The van der Waals surface area contributed by atoms with Crippen LogP contribution in [0, 0.1) is 0 Å². The molecule has 2 heterocycles. The molecule has 0 unspecified atom stereocenters. The second kappa shape index (κ2) is 11.7. The van der Waals surface area contributed by atoms with Crippen LogP contribution in [0.25, 0.3) is 93.5 Å². The summed E-state index contributed by atoms with van der Waals surface area (Å²) in [7, 11) is 0. The van der Waals surface area contributed by atoms with E-state index in [-0.39, 0.29) is 5.41 Å². The van der Waals surface area contributed by atoms with Gasteiger partial charge in [-0.05, 0) is 108 Å². The van der Waals surface area contributed by atoms with E-state index in [0.29, 0.717) is 0 Å². The van der Waals surface area contributed by atoms with Gasteiger partial charge in [0.1, 0.15) is 0 Å². The molecule has 10 aromatic rings. The van der Waals surface area contributed by atoms with Crippen molar-refractivity contribution in [3.63, 3.8) is 0 Å². The molecule has 0 atom stereocenters. The SMILES string of the molecule is CC1(C)c2ccccc2-n2c3ccc(-c4ccc(-c5cccc6ccccc56)cc4)cc3c3cc(-c4ccc(-c5cccc6ccccc56)cc4)cc1c32. The fraction of sp³-hybridized carbons (Fsp3) is 0.0566. The Hall–Kier alpha value is -6.70. The summed E-state index contributed by atoms with van der Waals surface area (Å²) >= 11 is 0. The quantitative estimate of drug-likeness (QED) is 0.174. The van der Waals surface area contributed by atoms with E-state index < -0.39 is 0 Å². The highest BCUT2D eigenvalue weighted by atomic mass is 15.0. The Balaban J connectivity index is 1.07. The lowest BCUT2D eigenvalue weighted by Gasteiger charge is -2.35. The Morgan fingerprint density at radius 2 is 0.852 bits per heavy atom. The van der Waals surface area contributed by atoms with Gasteiger partial charge in [-0.1, -0.05) is 172 Å². The molecule has 9 aromatic carbocycles. The van der Waals surface area contributed by atoms with Crippen molar-refractivity contribution in [1.82, 2.24) is 4.57 Å². The third-order valence-electron chi connectivity index (χ3n) is 12.0. The third kappa shape index (κ3) is 4.58. The molecule has 0 N–H and O–H groups in total. The van der Waals surface area contributed by atoms with Gasteiger partial charge >= 0.3 is 0 Å². The summed E-state index contributed by atoms with van der Waals surface area (Å²) < 4.78 is 2.52. The summed E-state index contributed by atoms with van der Waals surface area (Å²) in [5.74, 6) is 0. The van der Waals surface area contributed by atoms with Crippen molar-refractivity contribution >= 4 is 43.4 Å². The molecule has 1 aliphatic rings. The highest BCUT2D eigenvalue weighted by Crippen LogP contribution is 2.49. The van der Waals surface area contributed by atoms with Gasteiger partial charge in [0.25, 0.3) is 0 Å². The first-order valence-corrected chi connectivity index (χ1v) is 18.9. The molecular formula is C53H37N. The first-order valence-electron chi connectivity index (χ1n) is 18.9. The molecule has 0 spiro atoms. The van der Waals surface area contributed by atoms with E-state index >= 15 is 0 Å². The van der Waals surface area contributed by atoms with Gasteiger partial charge in [-0.3, -0.25) is 0 Å². The van der Waals surface area contributed by atoms with Crippen LogP contribution in [0.4, 0.5) is 0 Å². The van der Waals surface area contributed by atoms with Crippen molar-refractivity contribution < 1.29 is 0 Å². The summed E-state index contributed by atoms with van der Waals surface area (Å²) in [4.78, 5) is 0. The molecule has 0 fully saturated rings. The van der Waals surface area contributed by atoms with Gasteiger partial charge in [0, 0.05) is 16.2 Å². The smallest absolute Gasteiger partial charge is 0.0582 e. The predicted octanol–water partition coefficient (Wildman–Crippen LogP) is 14.4. The standard InChI is InChI=1S/C53H37N/c1-53(2)48-19-7-8-20-51(48)54-50-30-29-40(34-21-25-38(26-22-34)44-17-9-13-36-11-3-5-15-42(36)44)31-46(50)47-32-41(33-49(53)52(47)54)35-23-27-39(28-24-35)45-18-10-14-37-12-4-6-16-43(37)45/h3-33H,1-2H3. The first kappa shape index (κ1) is 30.9. The largest absolute Gasteiger partial charge is 0.309 e. The van der Waals surface area contributed by atoms with Gasteiger partial charge in [-0.25, -0.2) is 0 Å². The van der Waals surface area contributed by atoms with E-state index in [1.165, 1.54) is 105 Å². The number of hydrogen-bond donors (Lipinski definition) is 0. The molecule has 1 nitrogen and oxygen atoms in total. The fourth-order valence-corrected chi connectivity index (χ4v) is 9.20. The summed E-state index contributed by atoms with van der Waals surface area (Å²) in [5.41, 5.74) is 16.3. The topological polar surface area (TPSA) is 4.93 Å². The number of hydrogen-bond acceptors (Lipinski definition) is 0. The molecule has 0 saturated heterocycles. The maximum Gasteiger partial charge on any atom is 0.0582 e. The van der Waals surface area contributed by atoms with E-state index in [0.717, 1.165) is 0 Å². The molecule has 54 heavy (non-hydrogen) atoms. The molecule has 11 rings (SSSR count). The minimum absolute atomic E-state index is 0.168. The van der Waals surface area contributed by atoms with E-state index in [4.69, 9.17) is 0 Å². The molecule has 1 heteroatoms. The molecule has 0 amide bonds. The van der Waals surface area contributed by atoms with Crippen LogP contribution < -0.4 is 0 Å². The normalized spacial score (nSPS) is 13.1. The maximum absolute atomic E-state index is 2.52. The van der Waals surface area contributed by atoms with Crippen molar-refractivity contribution in [2.24, 2.45) is 0 Å². The van der Waals surface area contributed by atoms with Crippen molar-refractivity contribution in [2.45, 2.75) is 19.3 Å². The summed E-state index contributed by atoms with van der Waals surface area (Å²) in [6, 6.07) is 69.6. The van der Waals surface area contributed by atoms with Crippen LogP contribution in [-0.4, -0.2) is 4.57 Å². The zero-order valence-electron chi connectivity index (χ0n) is 30.3. The zero-order valence-corrected chi connectivity index (χ0v) is 30.3. The highest BCUT2D eigenvalue weighted by molar-refractivity contribution is 6.14. The summed E-state index contributed by atoms with van der Waals surface area (Å²) in [5, 5.41) is 7.68. The van der Waals surface area contributed by atoms with Crippen molar-refractivity contribution in [1.29, 1.82) is 0 Å². The third-order valence-corrected chi connectivity index (χ3v) is 12.0. The van der Waals surface area contributed by atoms with Crippen molar-refractivity contribution in [3.8, 4) is 50.2 Å². The Kier molecular flexibility index (Phi) is 6.66. The fourth-order valence-electron chi connectivity index (χ4n) is 9.20. The number of fused-ring (bicyclic) bond motifs is 7. The van der Waals surface area contributed by atoms with E-state index in [2.05, 4.69) is 206 Å². The van der Waals surface area contributed by atoms with Crippen molar-refractivity contribution in [2.75, 3.05) is 0 Å². The van der Waals surface area contributed by atoms with Crippen LogP contribution in [0.15, 0.2) is 188 Å². The zero-order chi connectivity index (χ0) is 36.0. The van der Waals surface area contributed by atoms with Gasteiger partial charge in [-0.2, -0.15) is 0 Å². The lowest BCUT2D eigenvalue weighted by molar-refractivity contribution is 0.630. The van der Waals surface area contributed by atoms with E-state index in [1.807, 2.05) is 0 Å². The van der Waals surface area contributed by atoms with Crippen LogP contribution in [0.5, 0.6) is 0 Å². The molecule has 0 bridgehead atoms. The van der Waals surface area contributed by atoms with E-state index in [9.17, 15) is 0 Å². The summed E-state index contributed by atoms with van der Waals surface area (Å²) in [6.07, 6.45) is 0. The molecule has 1 aliphatic heterocycles. The van der Waals surface area contributed by atoms with Gasteiger partial charge in [0.2, 0.25) is 0 Å². The average molecular weight is 688 g/mol. The number of nitrogens with zero attached hydrogens (tertiary/aromatic N) is 1. The maximum atomic E-state index is 2.52. The monoisotopic (exact) mass is 687 g/mol. The summed E-state index contributed by atoms with van der Waals surface area (Å²) in [6.45, 7) is 4.77. The van der Waals surface area contributed by atoms with Crippen LogP contribution in [0.2, 0.25) is 0 Å². The minimum Gasteiger partial charge on any atom is -0.309 e.